The van der Waals surface area contributed by atoms with Crippen LogP contribution in [0.25, 0.3) is 0 Å². The summed E-state index contributed by atoms with van der Waals surface area (Å²) in [5.41, 5.74) is 0. The van der Waals surface area contributed by atoms with E-state index in [1.165, 1.54) is 0 Å². The molecular formula is C13H22N4O2S. The number of rotatable bonds is 4. The summed E-state index contributed by atoms with van der Waals surface area (Å²) in [5.74, 6) is 0.487. The summed E-state index contributed by atoms with van der Waals surface area (Å²) >= 11 is 1.72. The highest BCUT2D eigenvalue weighted by Crippen LogP contribution is 2.41. The molecule has 0 bridgehead atoms. The van der Waals surface area contributed by atoms with Crippen LogP contribution in [0.5, 0.6) is 0 Å². The lowest BCUT2D eigenvalue weighted by Crippen LogP contribution is -2.49. The Labute approximate surface area is 123 Å². The number of nitrogens with zero attached hydrogens (tertiary/aromatic N) is 2. The molecule has 6 nitrogen and oxygen atoms in total. The van der Waals surface area contributed by atoms with Crippen molar-refractivity contribution in [3.8, 4) is 0 Å². The van der Waals surface area contributed by atoms with E-state index in [4.69, 9.17) is 9.47 Å². The minimum atomic E-state index is -0.366. The number of thioether (sulfide) groups is 1. The first-order valence-corrected chi connectivity index (χ1v) is 8.16. The van der Waals surface area contributed by atoms with E-state index >= 15 is 0 Å². The fourth-order valence-corrected chi connectivity index (χ4v) is 4.29. The standard InChI is InChI=1S/C13H22N4O2S/c1-3-14-10-4-5-13(18-6-7-19-13)8-11(10)20-12-15-9(2)16-17-12/h10-11,14H,3-8H2,1-2H3,(H,15,16,17). The predicted octanol–water partition coefficient (Wildman–Crippen LogP) is 1.48. The largest absolute Gasteiger partial charge is 0.347 e. The molecule has 1 saturated carbocycles. The number of hydrogen-bond donors (Lipinski definition) is 2. The van der Waals surface area contributed by atoms with E-state index in [1.54, 1.807) is 11.8 Å². The van der Waals surface area contributed by atoms with Crippen LogP contribution >= 0.6 is 11.8 Å². The SMILES string of the molecule is CCNC1CCC2(CC1Sc1n[nH]c(C)n1)OCCO2. The zero-order valence-electron chi connectivity index (χ0n) is 12.0. The molecule has 1 aromatic rings. The van der Waals surface area contributed by atoms with Crippen molar-refractivity contribution < 1.29 is 9.47 Å². The number of aryl methyl sites for hydroxylation is 1. The van der Waals surface area contributed by atoms with Gasteiger partial charge in [0.15, 0.2) is 5.79 Å². The van der Waals surface area contributed by atoms with E-state index in [9.17, 15) is 0 Å². The van der Waals surface area contributed by atoms with Gasteiger partial charge in [-0.2, -0.15) is 0 Å². The van der Waals surface area contributed by atoms with Crippen molar-refractivity contribution in [3.63, 3.8) is 0 Å². The maximum atomic E-state index is 5.87. The number of hydrogen-bond acceptors (Lipinski definition) is 6. The quantitative estimate of drug-likeness (QED) is 0.877. The Morgan fingerprint density at radius 1 is 1.45 bits per heavy atom. The molecule has 1 aromatic heterocycles. The molecule has 0 radical (unpaired) electrons. The van der Waals surface area contributed by atoms with Crippen LogP contribution in [-0.2, 0) is 9.47 Å². The molecule has 7 heteroatoms. The van der Waals surface area contributed by atoms with Crippen LogP contribution in [-0.4, -0.2) is 52.0 Å². The molecule has 2 aliphatic rings. The number of ether oxygens (including phenoxy) is 2. The highest BCUT2D eigenvalue weighted by Gasteiger charge is 2.45. The van der Waals surface area contributed by atoms with E-state index < -0.39 is 0 Å². The van der Waals surface area contributed by atoms with Crippen molar-refractivity contribution in [1.82, 2.24) is 20.5 Å². The smallest absolute Gasteiger partial charge is 0.208 e. The first-order valence-electron chi connectivity index (χ1n) is 7.28. The summed E-state index contributed by atoms with van der Waals surface area (Å²) < 4.78 is 11.7. The lowest BCUT2D eigenvalue weighted by molar-refractivity contribution is -0.178. The third kappa shape index (κ3) is 3.00. The van der Waals surface area contributed by atoms with Crippen LogP contribution in [0.1, 0.15) is 32.0 Å². The first kappa shape index (κ1) is 14.3. The van der Waals surface area contributed by atoms with Crippen LogP contribution in [0, 0.1) is 6.92 Å². The van der Waals surface area contributed by atoms with Gasteiger partial charge in [-0.1, -0.05) is 18.7 Å². The molecule has 2 atom stereocenters. The zero-order chi connectivity index (χ0) is 14.0. The molecule has 2 fully saturated rings. The summed E-state index contributed by atoms with van der Waals surface area (Å²) in [5, 5.41) is 11.9. The van der Waals surface area contributed by atoms with Crippen molar-refractivity contribution in [2.45, 2.75) is 55.3 Å². The molecule has 1 saturated heterocycles. The van der Waals surface area contributed by atoms with E-state index in [1.807, 2.05) is 6.92 Å². The molecule has 2 heterocycles. The van der Waals surface area contributed by atoms with E-state index in [-0.39, 0.29) is 5.79 Å². The summed E-state index contributed by atoms with van der Waals surface area (Å²) in [6.07, 6.45) is 2.92. The normalized spacial score (nSPS) is 29.1. The van der Waals surface area contributed by atoms with Crippen molar-refractivity contribution in [1.29, 1.82) is 0 Å². The third-order valence-electron chi connectivity index (χ3n) is 3.91. The number of nitrogens with one attached hydrogen (secondary N) is 2. The van der Waals surface area contributed by atoms with Crippen LogP contribution < -0.4 is 5.32 Å². The molecular weight excluding hydrogens is 276 g/mol. The molecule has 112 valence electrons. The summed E-state index contributed by atoms with van der Waals surface area (Å²) in [6.45, 7) is 6.46. The third-order valence-corrected chi connectivity index (χ3v) is 5.10. The number of aromatic nitrogens is 3. The Morgan fingerprint density at radius 2 is 2.25 bits per heavy atom. The van der Waals surface area contributed by atoms with Gasteiger partial charge in [0.05, 0.1) is 13.2 Å². The summed E-state index contributed by atoms with van der Waals surface area (Å²) in [6, 6.07) is 0.460. The van der Waals surface area contributed by atoms with Crippen LogP contribution in [0.4, 0.5) is 0 Å². The minimum Gasteiger partial charge on any atom is -0.347 e. The van der Waals surface area contributed by atoms with Crippen molar-refractivity contribution in [3.05, 3.63) is 5.82 Å². The van der Waals surface area contributed by atoms with Gasteiger partial charge in [-0.05, 0) is 19.9 Å². The average molecular weight is 298 g/mol. The maximum absolute atomic E-state index is 5.87. The monoisotopic (exact) mass is 298 g/mol. The fourth-order valence-electron chi connectivity index (χ4n) is 3.00. The van der Waals surface area contributed by atoms with E-state index in [2.05, 4.69) is 27.4 Å². The van der Waals surface area contributed by atoms with Crippen LogP contribution in [0.2, 0.25) is 0 Å². The van der Waals surface area contributed by atoms with E-state index in [0.29, 0.717) is 24.5 Å². The summed E-state index contributed by atoms with van der Waals surface area (Å²) in [7, 11) is 0. The Bertz CT molecular complexity index is 447. The molecule has 0 amide bonds. The molecule has 3 rings (SSSR count). The van der Waals surface area contributed by atoms with Gasteiger partial charge >= 0.3 is 0 Å². The second-order valence-corrected chi connectivity index (χ2v) is 6.58. The molecule has 2 N–H and O–H groups in total. The Balaban J connectivity index is 1.71. The van der Waals surface area contributed by atoms with E-state index in [0.717, 1.165) is 36.8 Å². The summed E-state index contributed by atoms with van der Waals surface area (Å²) in [4.78, 5) is 4.40. The Morgan fingerprint density at radius 3 is 2.90 bits per heavy atom. The van der Waals surface area contributed by atoms with Crippen LogP contribution in [0.3, 0.4) is 0 Å². The lowest BCUT2D eigenvalue weighted by atomic mass is 9.89. The minimum absolute atomic E-state index is 0.366. The van der Waals surface area contributed by atoms with Gasteiger partial charge in [0.1, 0.15) is 5.82 Å². The second-order valence-electron chi connectivity index (χ2n) is 5.37. The van der Waals surface area contributed by atoms with Crippen LogP contribution in [0.15, 0.2) is 5.16 Å². The highest BCUT2D eigenvalue weighted by atomic mass is 32.2. The van der Waals surface area contributed by atoms with Crippen molar-refractivity contribution >= 4 is 11.8 Å². The second kappa shape index (κ2) is 6.01. The molecule has 1 spiro atoms. The number of aromatic amines is 1. The Hall–Kier alpha value is -0.630. The van der Waals surface area contributed by atoms with Gasteiger partial charge < -0.3 is 14.8 Å². The molecule has 2 unspecified atom stereocenters. The molecule has 1 aliphatic carbocycles. The Kier molecular flexibility index (Phi) is 4.30. The molecule has 0 aromatic carbocycles. The molecule has 20 heavy (non-hydrogen) atoms. The van der Waals surface area contributed by atoms with Gasteiger partial charge in [-0.25, -0.2) is 4.98 Å². The van der Waals surface area contributed by atoms with Gasteiger partial charge in [0.2, 0.25) is 5.16 Å². The van der Waals surface area contributed by atoms with Gasteiger partial charge in [-0.15, -0.1) is 5.10 Å². The van der Waals surface area contributed by atoms with Crippen molar-refractivity contribution in [2.24, 2.45) is 0 Å². The average Bonchev–Trinajstić information content (AvgIpc) is 3.04. The highest BCUT2D eigenvalue weighted by molar-refractivity contribution is 7.99. The first-order chi connectivity index (χ1) is 9.71. The van der Waals surface area contributed by atoms with Gasteiger partial charge in [0.25, 0.3) is 0 Å². The predicted molar refractivity (Wildman–Crippen MR) is 76.7 cm³/mol. The van der Waals surface area contributed by atoms with Crippen molar-refractivity contribution in [2.75, 3.05) is 19.8 Å². The zero-order valence-corrected chi connectivity index (χ0v) is 12.8. The fraction of sp³-hybridized carbons (Fsp3) is 0.846. The van der Waals surface area contributed by atoms with Gasteiger partial charge in [0, 0.05) is 24.1 Å². The van der Waals surface area contributed by atoms with Gasteiger partial charge in [-0.3, -0.25) is 5.10 Å². The molecule has 1 aliphatic heterocycles. The maximum Gasteiger partial charge on any atom is 0.208 e. The topological polar surface area (TPSA) is 72.1 Å². The lowest BCUT2D eigenvalue weighted by Gasteiger charge is -2.40. The number of H-pyrrole nitrogens is 1.